The molecule has 2 saturated carbocycles. The van der Waals surface area contributed by atoms with Crippen LogP contribution in [0.25, 0.3) is 0 Å². The minimum absolute atomic E-state index is 0.0234. The van der Waals surface area contributed by atoms with Gasteiger partial charge in [0.1, 0.15) is 9.77 Å². The van der Waals surface area contributed by atoms with Gasteiger partial charge in [-0.25, -0.2) is 17.9 Å². The molecule has 0 radical (unpaired) electrons. The summed E-state index contributed by atoms with van der Waals surface area (Å²) >= 11 is 1.10. The average molecular weight is 357 g/mol. The number of methoxy groups -OCH3 is 1. The van der Waals surface area contributed by atoms with E-state index in [9.17, 15) is 13.2 Å². The van der Waals surface area contributed by atoms with Crippen molar-refractivity contribution >= 4 is 27.3 Å². The molecule has 1 aromatic heterocycles. The molecule has 1 heterocycles. The summed E-state index contributed by atoms with van der Waals surface area (Å²) in [6.45, 7) is 0. The fourth-order valence-corrected chi connectivity index (χ4v) is 6.63. The molecule has 0 saturated heterocycles. The van der Waals surface area contributed by atoms with Gasteiger partial charge in [0.15, 0.2) is 0 Å². The molecular weight excluding hydrogens is 334 g/mol. The molecule has 3 atom stereocenters. The van der Waals surface area contributed by atoms with Crippen LogP contribution in [-0.2, 0) is 14.8 Å². The highest BCUT2D eigenvalue weighted by Crippen LogP contribution is 2.40. The summed E-state index contributed by atoms with van der Waals surface area (Å²) in [6, 6.07) is 1.45. The number of hydrogen-bond acceptors (Lipinski definition) is 5. The molecule has 3 rings (SSSR count). The largest absolute Gasteiger partial charge is 0.465 e. The molecule has 0 aromatic carbocycles. The Morgan fingerprint density at radius 1 is 1.22 bits per heavy atom. The van der Waals surface area contributed by atoms with E-state index >= 15 is 0 Å². The topological polar surface area (TPSA) is 72.5 Å². The highest BCUT2D eigenvalue weighted by molar-refractivity contribution is 7.89. The van der Waals surface area contributed by atoms with Crippen LogP contribution < -0.4 is 4.72 Å². The van der Waals surface area contributed by atoms with Gasteiger partial charge in [0, 0.05) is 6.04 Å². The van der Waals surface area contributed by atoms with Crippen molar-refractivity contribution < 1.29 is 17.9 Å². The lowest BCUT2D eigenvalue weighted by Crippen LogP contribution is -2.41. The smallest absolute Gasteiger partial charge is 0.349 e. The monoisotopic (exact) mass is 357 g/mol. The molecule has 0 spiro atoms. The van der Waals surface area contributed by atoms with Crippen LogP contribution >= 0.6 is 11.3 Å². The maximum atomic E-state index is 12.7. The Bertz CT molecular complexity index is 667. The van der Waals surface area contributed by atoms with Crippen LogP contribution in [0.3, 0.4) is 0 Å². The molecule has 2 aliphatic rings. The van der Waals surface area contributed by atoms with E-state index in [0.717, 1.165) is 36.5 Å². The van der Waals surface area contributed by atoms with Crippen LogP contribution in [0.2, 0.25) is 0 Å². The SMILES string of the molecule is COC(=O)c1sccc1S(=O)(=O)N[C@@H]1CC[C@@H]2CCCC[C@@H]2C1. The van der Waals surface area contributed by atoms with Crippen molar-refractivity contribution in [1.29, 1.82) is 0 Å². The predicted molar refractivity (Wildman–Crippen MR) is 89.1 cm³/mol. The van der Waals surface area contributed by atoms with Gasteiger partial charge in [-0.15, -0.1) is 11.3 Å². The summed E-state index contributed by atoms with van der Waals surface area (Å²) in [5.41, 5.74) is 0. The average Bonchev–Trinajstić information content (AvgIpc) is 3.04. The lowest BCUT2D eigenvalue weighted by atomic mass is 9.70. The molecule has 5 nitrogen and oxygen atoms in total. The molecule has 1 N–H and O–H groups in total. The molecular formula is C16H23NO4S2. The van der Waals surface area contributed by atoms with E-state index in [2.05, 4.69) is 9.46 Å². The number of rotatable bonds is 4. The lowest BCUT2D eigenvalue weighted by molar-refractivity contribution is 0.0602. The lowest BCUT2D eigenvalue weighted by Gasteiger charge is -2.39. The number of ether oxygens (including phenoxy) is 1. The molecule has 0 aliphatic heterocycles. The summed E-state index contributed by atoms with van der Waals surface area (Å²) in [7, 11) is -2.42. The van der Waals surface area contributed by atoms with Crippen molar-refractivity contribution in [3.8, 4) is 0 Å². The molecule has 0 unspecified atom stereocenters. The first-order valence-electron chi connectivity index (χ1n) is 8.19. The van der Waals surface area contributed by atoms with E-state index in [1.165, 1.54) is 38.9 Å². The number of thiophene rings is 1. The summed E-state index contributed by atoms with van der Waals surface area (Å²) in [6.07, 6.45) is 7.99. The number of esters is 1. The maximum Gasteiger partial charge on any atom is 0.349 e. The van der Waals surface area contributed by atoms with Gasteiger partial charge in [0.2, 0.25) is 10.0 Å². The Kier molecular flexibility index (Phi) is 5.08. The van der Waals surface area contributed by atoms with Crippen LogP contribution in [0.4, 0.5) is 0 Å². The third kappa shape index (κ3) is 3.61. The molecule has 2 fully saturated rings. The zero-order chi connectivity index (χ0) is 16.4. The first kappa shape index (κ1) is 16.9. The molecule has 1 aromatic rings. The predicted octanol–water partition coefficient (Wildman–Crippen LogP) is 3.17. The summed E-state index contributed by atoms with van der Waals surface area (Å²) in [4.78, 5) is 11.9. The Morgan fingerprint density at radius 3 is 2.70 bits per heavy atom. The zero-order valence-electron chi connectivity index (χ0n) is 13.3. The number of nitrogens with one attached hydrogen (secondary N) is 1. The van der Waals surface area contributed by atoms with Crippen molar-refractivity contribution in [2.75, 3.05) is 7.11 Å². The van der Waals surface area contributed by atoms with E-state index in [1.807, 2.05) is 0 Å². The van der Waals surface area contributed by atoms with E-state index < -0.39 is 16.0 Å². The van der Waals surface area contributed by atoms with Crippen LogP contribution in [0.1, 0.15) is 54.6 Å². The van der Waals surface area contributed by atoms with Crippen LogP contribution in [0.15, 0.2) is 16.3 Å². The second-order valence-corrected chi connectivity index (χ2v) is 9.14. The molecule has 7 heteroatoms. The second-order valence-electron chi connectivity index (χ2n) is 6.54. The van der Waals surface area contributed by atoms with Gasteiger partial charge in [-0.3, -0.25) is 0 Å². The minimum atomic E-state index is -3.68. The van der Waals surface area contributed by atoms with Crippen molar-refractivity contribution in [2.45, 2.75) is 55.9 Å². The van der Waals surface area contributed by atoms with Crippen molar-refractivity contribution in [3.63, 3.8) is 0 Å². The molecule has 23 heavy (non-hydrogen) atoms. The van der Waals surface area contributed by atoms with Gasteiger partial charge in [-0.2, -0.15) is 0 Å². The van der Waals surface area contributed by atoms with Gasteiger partial charge in [-0.05, 0) is 42.5 Å². The van der Waals surface area contributed by atoms with Gasteiger partial charge < -0.3 is 4.74 Å². The van der Waals surface area contributed by atoms with E-state index in [4.69, 9.17) is 0 Å². The quantitative estimate of drug-likeness (QED) is 0.840. The standard InChI is InChI=1S/C16H23NO4S2/c1-21-16(18)15-14(8-9-22-15)23(19,20)17-13-7-6-11-4-2-3-5-12(11)10-13/h8-9,11-13,17H,2-7,10H2,1H3/t11-,12+,13+/m0/s1. The summed E-state index contributed by atoms with van der Waals surface area (Å²) in [5.74, 6) is 0.820. The number of carbonyl (C=O) groups is 1. The van der Waals surface area contributed by atoms with Crippen molar-refractivity contribution in [3.05, 3.63) is 16.3 Å². The van der Waals surface area contributed by atoms with Crippen LogP contribution in [0.5, 0.6) is 0 Å². The van der Waals surface area contributed by atoms with Crippen LogP contribution in [-0.4, -0.2) is 27.5 Å². The normalized spacial score (nSPS) is 28.1. The van der Waals surface area contributed by atoms with Gasteiger partial charge in [0.05, 0.1) is 7.11 Å². The number of fused-ring (bicyclic) bond motifs is 1. The Morgan fingerprint density at radius 2 is 1.96 bits per heavy atom. The second kappa shape index (κ2) is 6.91. The first-order valence-corrected chi connectivity index (χ1v) is 10.6. The van der Waals surface area contributed by atoms with Gasteiger partial charge in [-0.1, -0.05) is 25.7 Å². The van der Waals surface area contributed by atoms with Crippen molar-refractivity contribution in [2.24, 2.45) is 11.8 Å². The molecule has 0 amide bonds. The number of sulfonamides is 1. The summed E-state index contributed by atoms with van der Waals surface area (Å²) in [5, 5.41) is 1.61. The maximum absolute atomic E-state index is 12.7. The third-order valence-corrected chi connectivity index (χ3v) is 7.74. The summed E-state index contributed by atoms with van der Waals surface area (Å²) < 4.78 is 32.8. The fraction of sp³-hybridized carbons (Fsp3) is 0.688. The minimum Gasteiger partial charge on any atom is -0.465 e. The number of carbonyl (C=O) groups excluding carboxylic acids is 1. The molecule has 2 aliphatic carbocycles. The number of hydrogen-bond donors (Lipinski definition) is 1. The molecule has 128 valence electrons. The van der Waals surface area contributed by atoms with E-state index in [-0.39, 0.29) is 15.8 Å². The molecule has 0 bridgehead atoms. The van der Waals surface area contributed by atoms with Gasteiger partial charge >= 0.3 is 5.97 Å². The van der Waals surface area contributed by atoms with Crippen LogP contribution in [0, 0.1) is 11.8 Å². The van der Waals surface area contributed by atoms with E-state index in [0.29, 0.717) is 5.92 Å². The van der Waals surface area contributed by atoms with Crippen molar-refractivity contribution in [1.82, 2.24) is 4.72 Å². The third-order valence-electron chi connectivity index (χ3n) is 5.15. The highest BCUT2D eigenvalue weighted by atomic mass is 32.2. The Hall–Kier alpha value is -0.920. The Labute approximate surface area is 141 Å². The van der Waals surface area contributed by atoms with Gasteiger partial charge in [0.25, 0.3) is 0 Å². The Balaban J connectivity index is 1.72. The van der Waals surface area contributed by atoms with E-state index in [1.54, 1.807) is 5.38 Å². The highest BCUT2D eigenvalue weighted by Gasteiger charge is 2.35. The first-order chi connectivity index (χ1) is 11.0. The fourth-order valence-electron chi connectivity index (χ4n) is 4.01. The zero-order valence-corrected chi connectivity index (χ0v) is 14.9.